The van der Waals surface area contributed by atoms with E-state index in [1.807, 2.05) is 29.5 Å². The number of nitrogens with one attached hydrogen (secondary N) is 1. The summed E-state index contributed by atoms with van der Waals surface area (Å²) in [7, 11) is 0. The van der Waals surface area contributed by atoms with Crippen molar-refractivity contribution in [3.8, 4) is 11.4 Å². The maximum Gasteiger partial charge on any atom is 0.234 e. The third-order valence-corrected chi connectivity index (χ3v) is 7.94. The summed E-state index contributed by atoms with van der Waals surface area (Å²) in [6.45, 7) is 10.7. The van der Waals surface area contributed by atoms with Gasteiger partial charge in [0.05, 0.1) is 5.75 Å². The zero-order chi connectivity index (χ0) is 22.1. The van der Waals surface area contributed by atoms with Crippen molar-refractivity contribution in [1.29, 1.82) is 0 Å². The molecule has 0 fully saturated rings. The highest BCUT2D eigenvalue weighted by molar-refractivity contribution is 7.99. The quantitative estimate of drug-likeness (QED) is 0.460. The van der Waals surface area contributed by atoms with E-state index >= 15 is 0 Å². The first-order valence-electron chi connectivity index (χ1n) is 10.9. The molecule has 1 unspecified atom stereocenters. The predicted octanol–water partition coefficient (Wildman–Crippen LogP) is 6.06. The van der Waals surface area contributed by atoms with E-state index in [-0.39, 0.29) is 11.9 Å². The molecule has 3 aromatic rings. The SMILES string of the molecule is Cc1ccc(NC(=O)CSc2nnc(-c3csc4c3CCC(C)C4)n2C(C)C)cc1C. The van der Waals surface area contributed by atoms with E-state index < -0.39 is 0 Å². The molecule has 1 aliphatic carbocycles. The summed E-state index contributed by atoms with van der Waals surface area (Å²) >= 11 is 3.30. The molecule has 7 heteroatoms. The Morgan fingerprint density at radius 3 is 2.84 bits per heavy atom. The molecule has 1 amide bonds. The minimum Gasteiger partial charge on any atom is -0.325 e. The molecule has 0 saturated carbocycles. The Balaban J connectivity index is 1.50. The van der Waals surface area contributed by atoms with Gasteiger partial charge in [0.1, 0.15) is 0 Å². The number of amides is 1. The average molecular weight is 455 g/mol. The Hall–Kier alpha value is -2.12. The lowest BCUT2D eigenvalue weighted by atomic mass is 9.88. The van der Waals surface area contributed by atoms with Gasteiger partial charge >= 0.3 is 0 Å². The number of nitrogens with zero attached hydrogens (tertiary/aromatic N) is 3. The average Bonchev–Trinajstić information content (AvgIpc) is 3.32. The van der Waals surface area contributed by atoms with Crippen LogP contribution in [-0.4, -0.2) is 26.4 Å². The van der Waals surface area contributed by atoms with Gasteiger partial charge < -0.3 is 5.32 Å². The second-order valence-electron chi connectivity index (χ2n) is 8.80. The van der Waals surface area contributed by atoms with E-state index in [1.54, 1.807) is 0 Å². The fourth-order valence-electron chi connectivity index (χ4n) is 4.04. The second-order valence-corrected chi connectivity index (χ2v) is 10.7. The topological polar surface area (TPSA) is 59.8 Å². The molecule has 0 saturated heterocycles. The smallest absolute Gasteiger partial charge is 0.234 e. The molecule has 0 spiro atoms. The Kier molecular flexibility index (Phi) is 6.53. The first-order chi connectivity index (χ1) is 14.8. The van der Waals surface area contributed by atoms with Gasteiger partial charge in [-0.1, -0.05) is 24.8 Å². The second kappa shape index (κ2) is 9.17. The van der Waals surface area contributed by atoms with E-state index in [1.165, 1.54) is 45.3 Å². The minimum absolute atomic E-state index is 0.0324. The highest BCUT2D eigenvalue weighted by Gasteiger charge is 2.25. The molecule has 1 atom stereocenters. The first-order valence-corrected chi connectivity index (χ1v) is 12.7. The summed E-state index contributed by atoms with van der Waals surface area (Å²) in [5, 5.41) is 15.1. The summed E-state index contributed by atoms with van der Waals surface area (Å²) in [6, 6.07) is 6.20. The number of thioether (sulfide) groups is 1. The van der Waals surface area contributed by atoms with E-state index in [9.17, 15) is 4.79 Å². The van der Waals surface area contributed by atoms with Crippen LogP contribution >= 0.6 is 23.1 Å². The molecule has 1 aliphatic rings. The number of hydrogen-bond donors (Lipinski definition) is 1. The van der Waals surface area contributed by atoms with E-state index in [2.05, 4.69) is 60.1 Å². The van der Waals surface area contributed by atoms with Crippen molar-refractivity contribution in [3.05, 3.63) is 45.1 Å². The lowest BCUT2D eigenvalue weighted by Gasteiger charge is -2.19. The van der Waals surface area contributed by atoms with Gasteiger partial charge in [-0.15, -0.1) is 21.5 Å². The number of aromatic nitrogens is 3. The number of benzene rings is 1. The number of aryl methyl sites for hydroxylation is 2. The molecule has 1 aromatic carbocycles. The molecular weight excluding hydrogens is 424 g/mol. The molecule has 2 aromatic heterocycles. The lowest BCUT2D eigenvalue weighted by molar-refractivity contribution is -0.113. The lowest BCUT2D eigenvalue weighted by Crippen LogP contribution is -2.15. The molecule has 0 aliphatic heterocycles. The Morgan fingerprint density at radius 1 is 1.29 bits per heavy atom. The van der Waals surface area contributed by atoms with Crippen molar-refractivity contribution in [2.75, 3.05) is 11.1 Å². The Labute approximate surface area is 192 Å². The number of carbonyl (C=O) groups excluding carboxylic acids is 1. The van der Waals surface area contributed by atoms with Crippen LogP contribution in [0.2, 0.25) is 0 Å². The first kappa shape index (κ1) is 22.1. The summed E-state index contributed by atoms with van der Waals surface area (Å²) in [5.41, 5.74) is 5.89. The zero-order valence-electron chi connectivity index (χ0n) is 18.9. The molecule has 31 heavy (non-hydrogen) atoms. The Bertz CT molecular complexity index is 1100. The van der Waals surface area contributed by atoms with Gasteiger partial charge in [0.2, 0.25) is 5.91 Å². The third-order valence-electron chi connectivity index (χ3n) is 5.95. The molecule has 5 nitrogen and oxygen atoms in total. The van der Waals surface area contributed by atoms with Gasteiger partial charge in [-0.2, -0.15) is 0 Å². The summed E-state index contributed by atoms with van der Waals surface area (Å²) in [6.07, 6.45) is 3.50. The molecule has 1 N–H and O–H groups in total. The van der Waals surface area contributed by atoms with Gasteiger partial charge in [-0.25, -0.2) is 0 Å². The highest BCUT2D eigenvalue weighted by atomic mass is 32.2. The van der Waals surface area contributed by atoms with Crippen LogP contribution in [0.5, 0.6) is 0 Å². The Morgan fingerprint density at radius 2 is 2.10 bits per heavy atom. The van der Waals surface area contributed by atoms with Crippen LogP contribution in [-0.2, 0) is 17.6 Å². The normalized spacial score (nSPS) is 15.9. The maximum absolute atomic E-state index is 12.5. The largest absolute Gasteiger partial charge is 0.325 e. The third kappa shape index (κ3) is 4.72. The summed E-state index contributed by atoms with van der Waals surface area (Å²) < 4.78 is 2.17. The highest BCUT2D eigenvalue weighted by Crippen LogP contribution is 2.39. The van der Waals surface area contributed by atoms with Crippen molar-refractivity contribution >= 4 is 34.7 Å². The number of thiophene rings is 1. The predicted molar refractivity (Wildman–Crippen MR) is 130 cm³/mol. The molecular formula is C24H30N4OS2. The molecule has 0 bridgehead atoms. The van der Waals surface area contributed by atoms with Crippen LogP contribution in [0.25, 0.3) is 11.4 Å². The standard InChI is InChI=1S/C24H30N4OS2/c1-14(2)28-23(20-12-30-21-10-15(3)6-9-19(20)21)26-27-24(28)31-13-22(29)25-18-8-7-16(4)17(5)11-18/h7-8,11-12,14-15H,6,9-10,13H2,1-5H3,(H,25,29). The fourth-order valence-corrected chi connectivity index (χ4v) is 6.15. The molecule has 4 rings (SSSR count). The van der Waals surface area contributed by atoms with Crippen LogP contribution in [0.15, 0.2) is 28.7 Å². The van der Waals surface area contributed by atoms with Gasteiger partial charge in [0, 0.05) is 27.5 Å². The van der Waals surface area contributed by atoms with Crippen LogP contribution < -0.4 is 5.32 Å². The number of rotatable bonds is 6. The number of hydrogen-bond acceptors (Lipinski definition) is 5. The van der Waals surface area contributed by atoms with Crippen LogP contribution in [0, 0.1) is 19.8 Å². The number of anilines is 1. The van der Waals surface area contributed by atoms with Crippen molar-refractivity contribution in [2.24, 2.45) is 5.92 Å². The van der Waals surface area contributed by atoms with Crippen molar-refractivity contribution < 1.29 is 4.79 Å². The van der Waals surface area contributed by atoms with Gasteiger partial charge in [-0.3, -0.25) is 9.36 Å². The monoisotopic (exact) mass is 454 g/mol. The molecule has 164 valence electrons. The van der Waals surface area contributed by atoms with E-state index in [4.69, 9.17) is 0 Å². The van der Waals surface area contributed by atoms with Crippen molar-refractivity contribution in [1.82, 2.24) is 14.8 Å². The van der Waals surface area contributed by atoms with Crippen LogP contribution in [0.4, 0.5) is 5.69 Å². The van der Waals surface area contributed by atoms with E-state index in [0.717, 1.165) is 35.4 Å². The van der Waals surface area contributed by atoms with E-state index in [0.29, 0.717) is 5.75 Å². The number of carbonyl (C=O) groups is 1. The fraction of sp³-hybridized carbons (Fsp3) is 0.458. The zero-order valence-corrected chi connectivity index (χ0v) is 20.5. The van der Waals surface area contributed by atoms with Crippen molar-refractivity contribution in [3.63, 3.8) is 0 Å². The number of fused-ring (bicyclic) bond motifs is 1. The van der Waals surface area contributed by atoms with Crippen molar-refractivity contribution in [2.45, 2.75) is 65.1 Å². The van der Waals surface area contributed by atoms with Gasteiger partial charge in [-0.05, 0) is 81.7 Å². The van der Waals surface area contributed by atoms with Gasteiger partial charge in [0.25, 0.3) is 0 Å². The minimum atomic E-state index is -0.0324. The van der Waals surface area contributed by atoms with Crippen LogP contribution in [0.1, 0.15) is 54.8 Å². The molecule has 0 radical (unpaired) electrons. The summed E-state index contributed by atoms with van der Waals surface area (Å²) in [5.74, 6) is 1.95. The molecule has 2 heterocycles. The van der Waals surface area contributed by atoms with Crippen LogP contribution in [0.3, 0.4) is 0 Å². The maximum atomic E-state index is 12.5. The summed E-state index contributed by atoms with van der Waals surface area (Å²) in [4.78, 5) is 14.0. The van der Waals surface area contributed by atoms with Gasteiger partial charge in [0.15, 0.2) is 11.0 Å².